The van der Waals surface area contributed by atoms with Gasteiger partial charge in [0.1, 0.15) is 0 Å². The first kappa shape index (κ1) is 14.9. The zero-order valence-corrected chi connectivity index (χ0v) is 11.3. The van der Waals surface area contributed by atoms with Crippen LogP contribution >= 0.6 is 0 Å². The molecular weight excluding hydrogens is 291 g/mol. The highest BCUT2D eigenvalue weighted by molar-refractivity contribution is 7.91. The Labute approximate surface area is 114 Å². The first-order chi connectivity index (χ1) is 9.19. The molecule has 1 saturated carbocycles. The lowest BCUT2D eigenvalue weighted by molar-refractivity contribution is -0.137. The van der Waals surface area contributed by atoms with E-state index in [9.17, 15) is 21.6 Å². The molecule has 108 valence electrons. The number of alkyl halides is 3. The summed E-state index contributed by atoms with van der Waals surface area (Å²) in [5.74, 6) is -0.182. The van der Waals surface area contributed by atoms with E-state index in [0.29, 0.717) is 12.8 Å². The monoisotopic (exact) mass is 303 g/mol. The molecule has 0 spiro atoms. The molecule has 1 fully saturated rings. The maximum atomic E-state index is 12.4. The number of hydrogen-bond acceptors (Lipinski definition) is 3. The van der Waals surface area contributed by atoms with Gasteiger partial charge in [-0.05, 0) is 42.5 Å². The molecule has 0 bridgehead atoms. The zero-order chi connectivity index (χ0) is 15.0. The van der Waals surface area contributed by atoms with Gasteiger partial charge in [0, 0.05) is 6.42 Å². The quantitative estimate of drug-likeness (QED) is 0.858. The molecule has 0 aliphatic heterocycles. The van der Waals surface area contributed by atoms with Gasteiger partial charge in [0.15, 0.2) is 9.84 Å². The van der Waals surface area contributed by atoms with Crippen LogP contribution in [0.2, 0.25) is 0 Å². The Bertz CT molecular complexity index is 638. The molecule has 0 aromatic heterocycles. The van der Waals surface area contributed by atoms with Crippen LogP contribution in [0.5, 0.6) is 0 Å². The van der Waals surface area contributed by atoms with Crippen molar-refractivity contribution in [1.29, 1.82) is 5.26 Å². The van der Waals surface area contributed by atoms with Crippen molar-refractivity contribution < 1.29 is 21.6 Å². The van der Waals surface area contributed by atoms with Gasteiger partial charge in [0.25, 0.3) is 0 Å². The molecule has 1 aromatic carbocycles. The SMILES string of the molecule is N#CCC1(CS(=O)(=O)c2ccc(C(F)(F)F)cc2)CC1. The maximum absolute atomic E-state index is 12.4. The van der Waals surface area contributed by atoms with Crippen molar-refractivity contribution in [3.63, 3.8) is 0 Å². The van der Waals surface area contributed by atoms with Crippen molar-refractivity contribution in [3.8, 4) is 6.07 Å². The van der Waals surface area contributed by atoms with Crippen LogP contribution in [0.4, 0.5) is 13.2 Å². The minimum atomic E-state index is -4.49. The van der Waals surface area contributed by atoms with Gasteiger partial charge in [-0.25, -0.2) is 8.42 Å². The lowest BCUT2D eigenvalue weighted by Gasteiger charge is -2.12. The predicted octanol–water partition coefficient (Wildman–Crippen LogP) is 3.17. The predicted molar refractivity (Wildman–Crippen MR) is 65.4 cm³/mol. The Morgan fingerprint density at radius 3 is 2.15 bits per heavy atom. The summed E-state index contributed by atoms with van der Waals surface area (Å²) >= 11 is 0. The van der Waals surface area contributed by atoms with Crippen molar-refractivity contribution in [3.05, 3.63) is 29.8 Å². The fourth-order valence-corrected chi connectivity index (χ4v) is 3.97. The fraction of sp³-hybridized carbons (Fsp3) is 0.462. The van der Waals surface area contributed by atoms with Crippen LogP contribution in [-0.4, -0.2) is 14.2 Å². The minimum absolute atomic E-state index is 0.130. The summed E-state index contributed by atoms with van der Waals surface area (Å²) in [7, 11) is -3.66. The second kappa shape index (κ2) is 4.77. The van der Waals surface area contributed by atoms with E-state index in [1.54, 1.807) is 0 Å². The van der Waals surface area contributed by atoms with Gasteiger partial charge >= 0.3 is 6.18 Å². The summed E-state index contributed by atoms with van der Waals surface area (Å²) in [6, 6.07) is 5.43. The highest BCUT2D eigenvalue weighted by Crippen LogP contribution is 2.50. The van der Waals surface area contributed by atoms with Gasteiger partial charge in [-0.2, -0.15) is 18.4 Å². The third-order valence-electron chi connectivity index (χ3n) is 3.45. The first-order valence-corrected chi connectivity index (χ1v) is 7.61. The minimum Gasteiger partial charge on any atom is -0.224 e. The zero-order valence-electron chi connectivity index (χ0n) is 10.4. The van der Waals surface area contributed by atoms with E-state index in [0.717, 1.165) is 24.3 Å². The van der Waals surface area contributed by atoms with Gasteiger partial charge < -0.3 is 0 Å². The molecule has 2 rings (SSSR count). The summed E-state index contributed by atoms with van der Waals surface area (Å²) in [5.41, 5.74) is -1.38. The number of nitriles is 1. The summed E-state index contributed by atoms with van der Waals surface area (Å²) in [6.45, 7) is 0. The molecule has 1 aliphatic carbocycles. The number of halogens is 3. The second-order valence-electron chi connectivity index (χ2n) is 5.12. The van der Waals surface area contributed by atoms with Crippen LogP contribution in [0.1, 0.15) is 24.8 Å². The van der Waals surface area contributed by atoms with E-state index in [1.807, 2.05) is 6.07 Å². The highest BCUT2D eigenvalue weighted by atomic mass is 32.2. The van der Waals surface area contributed by atoms with Gasteiger partial charge in [0.2, 0.25) is 0 Å². The number of sulfone groups is 1. The summed E-state index contributed by atoms with van der Waals surface area (Å²) in [5, 5.41) is 8.67. The molecule has 0 N–H and O–H groups in total. The molecule has 0 amide bonds. The number of nitrogens with zero attached hydrogens (tertiary/aromatic N) is 1. The third kappa shape index (κ3) is 3.12. The standard InChI is InChI=1S/C13H12F3NO2S/c14-13(15,16)10-1-3-11(4-2-10)20(18,19)9-12(5-6-12)7-8-17/h1-4H,5-7,9H2. The Hall–Kier alpha value is -1.55. The lowest BCUT2D eigenvalue weighted by atomic mass is 10.1. The second-order valence-corrected chi connectivity index (χ2v) is 7.11. The number of hydrogen-bond donors (Lipinski definition) is 0. The summed E-state index contributed by atoms with van der Waals surface area (Å²) in [4.78, 5) is -0.130. The Kier molecular flexibility index (Phi) is 3.54. The molecule has 0 atom stereocenters. The number of benzene rings is 1. The van der Waals surface area contributed by atoms with Gasteiger partial charge in [0.05, 0.1) is 22.3 Å². The summed E-state index contributed by atoms with van der Waals surface area (Å²) < 4.78 is 61.5. The highest BCUT2D eigenvalue weighted by Gasteiger charge is 2.46. The Morgan fingerprint density at radius 1 is 1.20 bits per heavy atom. The molecule has 0 unspecified atom stereocenters. The van der Waals surface area contributed by atoms with E-state index in [2.05, 4.69) is 0 Å². The van der Waals surface area contributed by atoms with Crippen molar-refractivity contribution in [1.82, 2.24) is 0 Å². The molecule has 1 aliphatic rings. The van der Waals surface area contributed by atoms with Crippen molar-refractivity contribution in [2.75, 3.05) is 5.75 Å². The van der Waals surface area contributed by atoms with Gasteiger partial charge in [-0.1, -0.05) is 0 Å². The fourth-order valence-electron chi connectivity index (χ4n) is 2.05. The van der Waals surface area contributed by atoms with E-state index < -0.39 is 27.0 Å². The Morgan fingerprint density at radius 2 is 1.75 bits per heavy atom. The van der Waals surface area contributed by atoms with Crippen LogP contribution in [0.3, 0.4) is 0 Å². The van der Waals surface area contributed by atoms with Crippen molar-refractivity contribution in [2.24, 2.45) is 5.41 Å². The summed E-state index contributed by atoms with van der Waals surface area (Å²) in [6.07, 6.45) is -2.99. The molecule has 0 radical (unpaired) electrons. The topological polar surface area (TPSA) is 57.9 Å². The molecule has 0 saturated heterocycles. The first-order valence-electron chi connectivity index (χ1n) is 5.96. The van der Waals surface area contributed by atoms with Crippen LogP contribution < -0.4 is 0 Å². The maximum Gasteiger partial charge on any atom is 0.416 e. The lowest BCUT2D eigenvalue weighted by Crippen LogP contribution is -2.17. The van der Waals surface area contributed by atoms with Crippen LogP contribution in [0.25, 0.3) is 0 Å². The largest absolute Gasteiger partial charge is 0.416 e. The molecule has 20 heavy (non-hydrogen) atoms. The molecule has 1 aromatic rings. The molecule has 0 heterocycles. The van der Waals surface area contributed by atoms with Crippen LogP contribution in [-0.2, 0) is 16.0 Å². The van der Waals surface area contributed by atoms with E-state index in [-0.39, 0.29) is 17.1 Å². The average Bonchev–Trinajstić information content (AvgIpc) is 3.07. The average molecular weight is 303 g/mol. The number of rotatable bonds is 4. The molecular formula is C13H12F3NO2S. The van der Waals surface area contributed by atoms with E-state index in [1.165, 1.54) is 0 Å². The molecule has 7 heteroatoms. The van der Waals surface area contributed by atoms with E-state index in [4.69, 9.17) is 5.26 Å². The van der Waals surface area contributed by atoms with Crippen molar-refractivity contribution >= 4 is 9.84 Å². The molecule has 3 nitrogen and oxygen atoms in total. The normalized spacial score (nSPS) is 17.5. The van der Waals surface area contributed by atoms with Crippen LogP contribution in [0, 0.1) is 16.7 Å². The third-order valence-corrected chi connectivity index (χ3v) is 5.43. The van der Waals surface area contributed by atoms with Gasteiger partial charge in [-0.3, -0.25) is 0 Å². The van der Waals surface area contributed by atoms with Crippen molar-refractivity contribution in [2.45, 2.75) is 30.3 Å². The smallest absolute Gasteiger partial charge is 0.224 e. The Balaban J connectivity index is 2.21. The van der Waals surface area contributed by atoms with E-state index >= 15 is 0 Å². The van der Waals surface area contributed by atoms with Crippen LogP contribution in [0.15, 0.2) is 29.2 Å². The van der Waals surface area contributed by atoms with Gasteiger partial charge in [-0.15, -0.1) is 0 Å².